The Morgan fingerprint density at radius 2 is 1.06 bits per heavy atom. The van der Waals surface area contributed by atoms with Crippen LogP contribution in [0.1, 0.15) is 214 Å². The van der Waals surface area contributed by atoms with Crippen molar-refractivity contribution < 1.29 is 24.2 Å². The number of hydrogen-bond donors (Lipinski definition) is 1. The molecular weight excluding hydrogens is 634 g/mol. The molecule has 6 nitrogen and oxygen atoms in total. The zero-order chi connectivity index (χ0) is 37.3. The van der Waals surface area contributed by atoms with Crippen LogP contribution in [0.25, 0.3) is 0 Å². The molecule has 0 amide bonds. The Morgan fingerprint density at radius 3 is 1.63 bits per heavy atom. The molecule has 2 heterocycles. The third-order valence-electron chi connectivity index (χ3n) is 12.2. The van der Waals surface area contributed by atoms with E-state index in [9.17, 15) is 14.7 Å². The summed E-state index contributed by atoms with van der Waals surface area (Å²) in [6.07, 6.45) is 31.6. The molecule has 0 aromatic heterocycles. The van der Waals surface area contributed by atoms with E-state index in [2.05, 4.69) is 39.5 Å². The summed E-state index contributed by atoms with van der Waals surface area (Å²) in [4.78, 5) is 28.5. The molecule has 2 saturated heterocycles. The van der Waals surface area contributed by atoms with Gasteiger partial charge in [-0.25, -0.2) is 0 Å². The van der Waals surface area contributed by atoms with Gasteiger partial charge in [0.25, 0.3) is 0 Å². The molecule has 0 saturated carbocycles. The number of piperidine rings is 2. The fraction of sp³-hybridized carbons (Fsp3) is 0.956. The molecule has 6 heteroatoms. The molecule has 2 aliphatic heterocycles. The van der Waals surface area contributed by atoms with Gasteiger partial charge >= 0.3 is 11.9 Å². The molecule has 2 rings (SSSR count). The summed E-state index contributed by atoms with van der Waals surface area (Å²) in [6.45, 7) is 16.2. The van der Waals surface area contributed by atoms with Gasteiger partial charge in [-0.2, -0.15) is 0 Å². The predicted octanol–water partition coefficient (Wildman–Crippen LogP) is 12.0. The number of ether oxygens (including phenoxy) is 2. The number of aliphatic hydroxyl groups is 1. The van der Waals surface area contributed by atoms with Gasteiger partial charge in [0, 0.05) is 32.7 Å². The zero-order valence-electron chi connectivity index (χ0n) is 34.6. The lowest BCUT2D eigenvalue weighted by atomic mass is 9.56. The first-order valence-electron chi connectivity index (χ1n) is 22.3. The van der Waals surface area contributed by atoms with Gasteiger partial charge in [-0.3, -0.25) is 9.59 Å². The van der Waals surface area contributed by atoms with Gasteiger partial charge < -0.3 is 19.5 Å². The Balaban J connectivity index is 1.90. The third-order valence-corrected chi connectivity index (χ3v) is 12.2. The molecular formula is C45H85NO5. The first kappa shape index (κ1) is 46.0. The van der Waals surface area contributed by atoms with Gasteiger partial charge in [0.1, 0.15) is 0 Å². The zero-order valence-corrected chi connectivity index (χ0v) is 34.6. The second kappa shape index (κ2) is 26.6. The molecule has 1 N–H and O–H groups in total. The molecule has 5 atom stereocenters. The van der Waals surface area contributed by atoms with Crippen molar-refractivity contribution in [3.05, 3.63) is 0 Å². The summed E-state index contributed by atoms with van der Waals surface area (Å²) in [5.41, 5.74) is 0.567. The van der Waals surface area contributed by atoms with E-state index in [1.54, 1.807) is 0 Å². The van der Waals surface area contributed by atoms with E-state index in [1.165, 1.54) is 96.3 Å². The minimum atomic E-state index is -0.0289. The Morgan fingerprint density at radius 1 is 0.588 bits per heavy atom. The average Bonchev–Trinajstić information content (AvgIpc) is 3.09. The lowest BCUT2D eigenvalue weighted by molar-refractivity contribution is -0.150. The fourth-order valence-corrected chi connectivity index (χ4v) is 10.0. The van der Waals surface area contributed by atoms with Gasteiger partial charge in [-0.05, 0) is 86.9 Å². The first-order valence-corrected chi connectivity index (χ1v) is 22.3. The van der Waals surface area contributed by atoms with Crippen molar-refractivity contribution in [1.29, 1.82) is 0 Å². The number of rotatable bonds is 32. The lowest BCUT2D eigenvalue weighted by Gasteiger charge is -2.60. The number of esters is 2. The molecule has 2 aliphatic rings. The molecule has 0 radical (unpaired) electrons. The summed E-state index contributed by atoms with van der Waals surface area (Å²) in [6, 6.07) is 0. The average molecular weight is 720 g/mol. The van der Waals surface area contributed by atoms with Crippen molar-refractivity contribution in [2.75, 3.05) is 39.5 Å². The van der Waals surface area contributed by atoms with E-state index < -0.39 is 0 Å². The maximum Gasteiger partial charge on any atom is 0.308 e. The number of aliphatic hydroxyl groups excluding tert-OH is 1. The van der Waals surface area contributed by atoms with E-state index in [0.717, 1.165) is 96.7 Å². The van der Waals surface area contributed by atoms with Crippen LogP contribution in [0.4, 0.5) is 0 Å². The molecule has 5 unspecified atom stereocenters. The molecule has 2 fully saturated rings. The molecule has 2 bridgehead atoms. The lowest BCUT2D eigenvalue weighted by Crippen LogP contribution is -2.60. The predicted molar refractivity (Wildman–Crippen MR) is 214 cm³/mol. The Bertz CT molecular complexity index is 911. The summed E-state index contributed by atoms with van der Waals surface area (Å²) in [7, 11) is 0. The highest BCUT2D eigenvalue weighted by atomic mass is 16.5. The summed E-state index contributed by atoms with van der Waals surface area (Å²) in [5.74, 6) is 0.0743. The summed E-state index contributed by atoms with van der Waals surface area (Å²) < 4.78 is 11.8. The normalized spacial score (nSPS) is 25.1. The number of hydrogen-bond acceptors (Lipinski definition) is 6. The molecule has 300 valence electrons. The number of nitrogens with zero attached hydrogens (tertiary/aromatic N) is 1. The molecule has 0 spiro atoms. The van der Waals surface area contributed by atoms with Gasteiger partial charge in [-0.15, -0.1) is 0 Å². The molecule has 0 aliphatic carbocycles. The number of carbonyl (C=O) groups excluding carboxylic acids is 2. The van der Waals surface area contributed by atoms with Crippen molar-refractivity contribution >= 4 is 11.9 Å². The van der Waals surface area contributed by atoms with Crippen LogP contribution in [-0.4, -0.2) is 61.4 Å². The van der Waals surface area contributed by atoms with Gasteiger partial charge in [-0.1, -0.05) is 137 Å². The highest BCUT2D eigenvalue weighted by molar-refractivity contribution is 5.72. The van der Waals surface area contributed by atoms with Crippen LogP contribution in [0.15, 0.2) is 0 Å². The van der Waals surface area contributed by atoms with Crippen molar-refractivity contribution in [2.24, 2.45) is 22.2 Å². The van der Waals surface area contributed by atoms with Crippen LogP contribution in [-0.2, 0) is 19.1 Å². The maximum absolute atomic E-state index is 13.4. The van der Waals surface area contributed by atoms with Crippen LogP contribution in [0.3, 0.4) is 0 Å². The number of fused-ring (bicyclic) bond motifs is 2. The summed E-state index contributed by atoms with van der Waals surface area (Å²) >= 11 is 0. The second-order valence-electron chi connectivity index (χ2n) is 18.0. The van der Waals surface area contributed by atoms with Crippen molar-refractivity contribution in [3.63, 3.8) is 0 Å². The maximum atomic E-state index is 13.4. The van der Waals surface area contributed by atoms with Crippen molar-refractivity contribution in [2.45, 2.75) is 214 Å². The Hall–Kier alpha value is -1.14. The summed E-state index contributed by atoms with van der Waals surface area (Å²) in [5, 5.41) is 9.68. The van der Waals surface area contributed by atoms with Crippen molar-refractivity contribution in [1.82, 2.24) is 4.90 Å². The molecule has 0 aromatic carbocycles. The van der Waals surface area contributed by atoms with Gasteiger partial charge in [0.05, 0.1) is 19.1 Å². The Kier molecular flexibility index (Phi) is 24.0. The van der Waals surface area contributed by atoms with E-state index in [0.29, 0.717) is 19.6 Å². The second-order valence-corrected chi connectivity index (χ2v) is 18.0. The van der Waals surface area contributed by atoms with Crippen LogP contribution < -0.4 is 0 Å². The highest BCUT2D eigenvalue weighted by Crippen LogP contribution is 2.55. The number of carbonyl (C=O) groups is 2. The minimum absolute atomic E-state index is 0.0289. The fourth-order valence-electron chi connectivity index (χ4n) is 10.0. The van der Waals surface area contributed by atoms with E-state index >= 15 is 0 Å². The van der Waals surface area contributed by atoms with Gasteiger partial charge in [0.15, 0.2) is 0 Å². The van der Waals surface area contributed by atoms with Crippen molar-refractivity contribution in [3.8, 4) is 0 Å². The monoisotopic (exact) mass is 720 g/mol. The Labute approximate surface area is 316 Å². The van der Waals surface area contributed by atoms with Crippen LogP contribution in [0.5, 0.6) is 0 Å². The van der Waals surface area contributed by atoms with Crippen LogP contribution >= 0.6 is 0 Å². The topological polar surface area (TPSA) is 76.1 Å². The van der Waals surface area contributed by atoms with E-state index in [4.69, 9.17) is 9.47 Å². The van der Waals surface area contributed by atoms with Crippen LogP contribution in [0, 0.1) is 22.2 Å². The standard InChI is InChI=1S/C45H85NO5/c1-6-9-12-15-17-19-22-28-41(48)50-33-24-30-44(5)36-45(35-43(4,29-23-32-47)37-46(38-44)39-45)31-25-34-51-42(49)40(26-20-14-11-8-3)27-21-18-16-13-10-7-2/h40,47H,6-39H2,1-5H3. The van der Waals surface area contributed by atoms with Crippen LogP contribution in [0.2, 0.25) is 0 Å². The molecule has 0 aromatic rings. The first-order chi connectivity index (χ1) is 24.6. The molecule has 51 heavy (non-hydrogen) atoms. The smallest absolute Gasteiger partial charge is 0.308 e. The SMILES string of the molecule is CCCCCCCCCC(=O)OCCCC1(C)CN2CC(C)(CCCO)CC(CCCOC(=O)C(CCCCCC)CCCCCCCC)(C2)C1. The quantitative estimate of drug-likeness (QED) is 0.0551. The van der Waals surface area contributed by atoms with E-state index in [-0.39, 0.29) is 40.7 Å². The third kappa shape index (κ3) is 19.7. The van der Waals surface area contributed by atoms with Gasteiger partial charge in [0.2, 0.25) is 0 Å². The number of unbranched alkanes of at least 4 members (excludes halogenated alkanes) is 14. The highest BCUT2D eigenvalue weighted by Gasteiger charge is 2.52. The minimum Gasteiger partial charge on any atom is -0.466 e. The van der Waals surface area contributed by atoms with E-state index in [1.807, 2.05) is 0 Å². The largest absolute Gasteiger partial charge is 0.466 e.